The van der Waals surface area contributed by atoms with E-state index < -0.39 is 100 Å². The van der Waals surface area contributed by atoms with Gasteiger partial charge in [0.25, 0.3) is 17.7 Å². The van der Waals surface area contributed by atoms with Crippen molar-refractivity contribution in [3.8, 4) is 0 Å². The molecule has 0 aromatic heterocycles. The molecule has 0 saturated carbocycles. The first kappa shape index (κ1) is 34.8. The Bertz CT molecular complexity index is 1280. The highest BCUT2D eigenvalue weighted by atomic mass is 19.4. The fourth-order valence-electron chi connectivity index (χ4n) is 3.16. The van der Waals surface area contributed by atoms with Gasteiger partial charge in [0.15, 0.2) is 0 Å². The number of rotatable bonds is 10. The number of hydrogen-bond donors (Lipinski definition) is 2. The van der Waals surface area contributed by atoms with Gasteiger partial charge in [0.2, 0.25) is 0 Å². The molecule has 1 aliphatic rings. The fourth-order valence-corrected chi connectivity index (χ4v) is 3.16. The molecule has 0 aliphatic carbocycles. The fraction of sp³-hybridized carbons (Fsp3) is 0.526. The van der Waals surface area contributed by atoms with E-state index in [0.29, 0.717) is 18.2 Å². The first-order valence-electron chi connectivity index (χ1n) is 10.2. The van der Waals surface area contributed by atoms with E-state index in [0.717, 1.165) is 0 Å². The number of nitrogens with zero attached hydrogens (tertiary/aromatic N) is 1. The normalized spacial score (nSPS) is 16.2. The zero-order valence-electron chi connectivity index (χ0n) is 19.2. The van der Waals surface area contributed by atoms with Crippen LogP contribution in [0.1, 0.15) is 37.5 Å². The zero-order valence-corrected chi connectivity index (χ0v) is 19.2. The molecule has 23 heteroatoms. The van der Waals surface area contributed by atoms with Crippen LogP contribution < -0.4 is 5.32 Å². The monoisotopic (exact) mass is 652 g/mol. The number of carbonyl (C=O) groups is 3. The lowest BCUT2D eigenvalue weighted by Crippen LogP contribution is -2.74. The van der Waals surface area contributed by atoms with Crippen molar-refractivity contribution in [2.75, 3.05) is 6.54 Å². The molecule has 3 amide bonds. The Morgan fingerprint density at radius 3 is 1.50 bits per heavy atom. The van der Waals surface area contributed by atoms with Crippen molar-refractivity contribution in [1.82, 2.24) is 10.4 Å². The van der Waals surface area contributed by atoms with Gasteiger partial charge in [0.1, 0.15) is 0 Å². The number of imide groups is 1. The molecule has 2 N–H and O–H groups in total. The molecule has 2 rings (SSSR count). The van der Waals surface area contributed by atoms with E-state index in [4.69, 9.17) is 0 Å². The number of nitrogens with one attached hydrogen (secondary N) is 1. The van der Waals surface area contributed by atoms with Crippen LogP contribution in [0.15, 0.2) is 18.2 Å². The van der Waals surface area contributed by atoms with Gasteiger partial charge in [-0.15, -0.1) is 5.06 Å². The molecule has 0 atom stereocenters. The number of halogens is 17. The molecule has 1 heterocycles. The molecule has 0 saturated heterocycles. The van der Waals surface area contributed by atoms with Gasteiger partial charge in [0, 0.05) is 18.5 Å². The quantitative estimate of drug-likeness (QED) is 0.190. The summed E-state index contributed by atoms with van der Waals surface area (Å²) in [6, 6.07) is 1.91. The lowest BCUT2D eigenvalue weighted by Gasteiger charge is -2.42. The highest BCUT2D eigenvalue weighted by molar-refractivity contribution is 6.21. The molecule has 1 aromatic rings. The number of hydroxylamine groups is 2. The number of fused-ring (bicyclic) bond motifs is 1. The molecular formula is C19H9F17N2O4. The third-order valence-electron chi connectivity index (χ3n) is 5.64. The van der Waals surface area contributed by atoms with Crippen LogP contribution in [0.25, 0.3) is 0 Å². The zero-order chi connectivity index (χ0) is 33.3. The van der Waals surface area contributed by atoms with Crippen LogP contribution in [0, 0.1) is 0 Å². The summed E-state index contributed by atoms with van der Waals surface area (Å²) in [4.78, 5) is 35.2. The van der Waals surface area contributed by atoms with Gasteiger partial charge in [-0.2, -0.15) is 74.6 Å². The Labute approximate surface area is 219 Å². The van der Waals surface area contributed by atoms with Crippen LogP contribution in [0.4, 0.5) is 74.6 Å². The Morgan fingerprint density at radius 2 is 1.05 bits per heavy atom. The molecule has 0 fully saturated rings. The van der Waals surface area contributed by atoms with Crippen molar-refractivity contribution >= 4 is 17.7 Å². The van der Waals surface area contributed by atoms with Crippen LogP contribution in [0.2, 0.25) is 0 Å². The highest BCUT2D eigenvalue weighted by Crippen LogP contribution is 2.64. The number of amides is 3. The lowest BCUT2D eigenvalue weighted by atomic mass is 9.88. The van der Waals surface area contributed by atoms with Crippen LogP contribution in [-0.4, -0.2) is 82.2 Å². The highest BCUT2D eigenvalue weighted by Gasteiger charge is 2.95. The van der Waals surface area contributed by atoms with E-state index >= 15 is 0 Å². The van der Waals surface area contributed by atoms with Gasteiger partial charge in [-0.05, 0) is 18.2 Å². The van der Waals surface area contributed by atoms with Crippen molar-refractivity contribution in [2.24, 2.45) is 0 Å². The van der Waals surface area contributed by atoms with Crippen molar-refractivity contribution in [2.45, 2.75) is 54.1 Å². The molecule has 1 aromatic carbocycles. The molecule has 42 heavy (non-hydrogen) atoms. The number of benzene rings is 1. The third-order valence-corrected chi connectivity index (χ3v) is 5.64. The SMILES string of the molecule is O=C(NCCC(F)(F)C(F)(F)C(F)(F)C(F)(F)C(F)(F)C(F)(F)C(F)(F)C(F)(F)F)c1ccc2c(c1)C(=O)N(O)C2=O. The molecular weight excluding hydrogens is 643 g/mol. The van der Waals surface area contributed by atoms with Crippen molar-refractivity contribution in [3.05, 3.63) is 34.9 Å². The van der Waals surface area contributed by atoms with E-state index in [1.807, 2.05) is 0 Å². The Hall–Kier alpha value is -3.40. The van der Waals surface area contributed by atoms with Crippen molar-refractivity contribution in [3.63, 3.8) is 0 Å². The number of hydrogen-bond acceptors (Lipinski definition) is 4. The molecule has 238 valence electrons. The summed E-state index contributed by atoms with van der Waals surface area (Å²) >= 11 is 0. The van der Waals surface area contributed by atoms with Crippen LogP contribution in [0.3, 0.4) is 0 Å². The standard InChI is InChI=1S/C19H9F17N2O4/c20-12(21,3-4-37-9(39)6-1-2-7-8(5-6)11(41)38(42)10(7)40)13(22,23)14(24,25)15(26,27)16(28,29)17(30,31)18(32,33)19(34,35)36/h1-2,5,42H,3-4H2,(H,37,39). The van der Waals surface area contributed by atoms with E-state index in [9.17, 15) is 94.2 Å². The summed E-state index contributed by atoms with van der Waals surface area (Å²) in [6.45, 7) is -1.95. The Kier molecular flexibility index (Phi) is 8.14. The van der Waals surface area contributed by atoms with E-state index in [1.165, 1.54) is 5.32 Å². The minimum Gasteiger partial charge on any atom is -0.352 e. The van der Waals surface area contributed by atoms with Crippen molar-refractivity contribution in [1.29, 1.82) is 0 Å². The maximum Gasteiger partial charge on any atom is 0.460 e. The summed E-state index contributed by atoms with van der Waals surface area (Å²) in [6.07, 6.45) is -10.8. The predicted molar refractivity (Wildman–Crippen MR) is 96.4 cm³/mol. The largest absolute Gasteiger partial charge is 0.460 e. The Morgan fingerprint density at radius 1 is 0.643 bits per heavy atom. The van der Waals surface area contributed by atoms with Crippen LogP contribution >= 0.6 is 0 Å². The molecule has 0 radical (unpaired) electrons. The van der Waals surface area contributed by atoms with Gasteiger partial charge < -0.3 is 5.32 Å². The Balaban J connectivity index is 2.30. The third kappa shape index (κ3) is 4.68. The first-order chi connectivity index (χ1) is 18.5. The minimum absolute atomic E-state index is 0.422. The van der Waals surface area contributed by atoms with Crippen LogP contribution in [0.5, 0.6) is 0 Å². The molecule has 6 nitrogen and oxygen atoms in total. The maximum absolute atomic E-state index is 13.9. The average molecular weight is 652 g/mol. The number of alkyl halides is 17. The maximum atomic E-state index is 13.9. The summed E-state index contributed by atoms with van der Waals surface area (Å²) in [5.41, 5.74) is -1.92. The number of carbonyl (C=O) groups excluding carboxylic acids is 3. The smallest absolute Gasteiger partial charge is 0.352 e. The topological polar surface area (TPSA) is 86.7 Å². The van der Waals surface area contributed by atoms with E-state index in [-0.39, 0.29) is 0 Å². The van der Waals surface area contributed by atoms with Crippen LogP contribution in [-0.2, 0) is 0 Å². The molecule has 0 bridgehead atoms. The summed E-state index contributed by atoms with van der Waals surface area (Å²) in [5.74, 6) is -61.7. The van der Waals surface area contributed by atoms with Crippen molar-refractivity contribution < 1.29 is 94.2 Å². The average Bonchev–Trinajstić information content (AvgIpc) is 3.05. The second-order valence-corrected chi connectivity index (χ2v) is 8.34. The van der Waals surface area contributed by atoms with Gasteiger partial charge in [-0.25, -0.2) is 0 Å². The second-order valence-electron chi connectivity index (χ2n) is 8.34. The first-order valence-corrected chi connectivity index (χ1v) is 10.2. The second kappa shape index (κ2) is 9.82. The summed E-state index contributed by atoms with van der Waals surface area (Å²) < 4.78 is 226. The molecule has 0 spiro atoms. The summed E-state index contributed by atoms with van der Waals surface area (Å²) in [7, 11) is 0. The molecule has 1 aliphatic heterocycles. The van der Waals surface area contributed by atoms with Gasteiger partial charge in [-0.1, -0.05) is 0 Å². The molecule has 0 unspecified atom stereocenters. The predicted octanol–water partition coefficient (Wildman–Crippen LogP) is 5.80. The van der Waals surface area contributed by atoms with E-state index in [2.05, 4.69) is 0 Å². The van der Waals surface area contributed by atoms with Gasteiger partial charge in [0.05, 0.1) is 11.1 Å². The lowest BCUT2D eigenvalue weighted by molar-refractivity contribution is -0.461. The van der Waals surface area contributed by atoms with Gasteiger partial charge in [-0.3, -0.25) is 19.6 Å². The minimum atomic E-state index is -8.74. The summed E-state index contributed by atoms with van der Waals surface area (Å²) in [5, 5.41) is 10.1. The van der Waals surface area contributed by atoms with E-state index in [1.54, 1.807) is 0 Å². The van der Waals surface area contributed by atoms with Gasteiger partial charge >= 0.3 is 47.6 Å².